The highest BCUT2D eigenvalue weighted by molar-refractivity contribution is 6.31. The van der Waals surface area contributed by atoms with Gasteiger partial charge in [-0.2, -0.15) is 0 Å². The van der Waals surface area contributed by atoms with Crippen LogP contribution in [0.15, 0.2) is 42.5 Å². The third-order valence-electron chi connectivity index (χ3n) is 3.41. The van der Waals surface area contributed by atoms with Gasteiger partial charge in [-0.3, -0.25) is 9.59 Å². The summed E-state index contributed by atoms with van der Waals surface area (Å²) in [6, 6.07) is 12.5. The van der Waals surface area contributed by atoms with Crippen molar-refractivity contribution in [1.29, 1.82) is 0 Å². The van der Waals surface area contributed by atoms with Crippen molar-refractivity contribution in [2.75, 3.05) is 17.2 Å². The van der Waals surface area contributed by atoms with Crippen molar-refractivity contribution in [2.45, 2.75) is 26.7 Å². The molecule has 25 heavy (non-hydrogen) atoms. The number of anilines is 2. The maximum atomic E-state index is 12.0. The SMILES string of the molecule is CC(=O)Nc1cccc(NC(=O)CCCOc2ccc(Cl)c(C)c2)c1. The summed E-state index contributed by atoms with van der Waals surface area (Å²) in [5.41, 5.74) is 2.24. The van der Waals surface area contributed by atoms with Crippen molar-refractivity contribution in [3.05, 3.63) is 53.1 Å². The second kappa shape index (κ2) is 9.08. The van der Waals surface area contributed by atoms with E-state index in [1.165, 1.54) is 6.92 Å². The fourth-order valence-electron chi connectivity index (χ4n) is 2.23. The lowest BCUT2D eigenvalue weighted by molar-refractivity contribution is -0.116. The molecule has 132 valence electrons. The van der Waals surface area contributed by atoms with E-state index in [1.54, 1.807) is 30.3 Å². The second-order valence-corrected chi connectivity index (χ2v) is 6.08. The first-order valence-electron chi connectivity index (χ1n) is 8.00. The van der Waals surface area contributed by atoms with Crippen LogP contribution in [0.2, 0.25) is 5.02 Å². The van der Waals surface area contributed by atoms with Crippen LogP contribution in [-0.4, -0.2) is 18.4 Å². The van der Waals surface area contributed by atoms with E-state index in [0.717, 1.165) is 11.3 Å². The summed E-state index contributed by atoms with van der Waals surface area (Å²) in [6.07, 6.45) is 0.940. The van der Waals surface area contributed by atoms with Gasteiger partial charge in [0, 0.05) is 29.7 Å². The molecule has 5 nitrogen and oxygen atoms in total. The molecule has 0 aliphatic carbocycles. The van der Waals surface area contributed by atoms with Gasteiger partial charge in [-0.05, 0) is 55.3 Å². The van der Waals surface area contributed by atoms with Crippen molar-refractivity contribution in [3.63, 3.8) is 0 Å². The van der Waals surface area contributed by atoms with E-state index < -0.39 is 0 Å². The maximum absolute atomic E-state index is 12.0. The third-order valence-corrected chi connectivity index (χ3v) is 3.84. The second-order valence-electron chi connectivity index (χ2n) is 5.67. The van der Waals surface area contributed by atoms with Crippen LogP contribution in [-0.2, 0) is 9.59 Å². The average molecular weight is 361 g/mol. The van der Waals surface area contributed by atoms with Crippen molar-refractivity contribution in [3.8, 4) is 5.75 Å². The molecule has 0 saturated heterocycles. The number of carbonyl (C=O) groups excluding carboxylic acids is 2. The minimum atomic E-state index is -0.155. The summed E-state index contributed by atoms with van der Waals surface area (Å²) in [5.74, 6) is 0.485. The number of halogens is 1. The highest BCUT2D eigenvalue weighted by atomic mass is 35.5. The molecule has 0 radical (unpaired) electrons. The minimum absolute atomic E-state index is 0.101. The van der Waals surface area contributed by atoms with E-state index >= 15 is 0 Å². The Bertz CT molecular complexity index is 762. The number of nitrogens with one attached hydrogen (secondary N) is 2. The smallest absolute Gasteiger partial charge is 0.224 e. The number of benzene rings is 2. The lowest BCUT2D eigenvalue weighted by Crippen LogP contribution is -2.13. The van der Waals surface area contributed by atoms with Gasteiger partial charge in [0.05, 0.1) is 6.61 Å². The van der Waals surface area contributed by atoms with Gasteiger partial charge in [-0.25, -0.2) is 0 Å². The molecule has 0 aliphatic rings. The van der Waals surface area contributed by atoms with Gasteiger partial charge >= 0.3 is 0 Å². The standard InChI is InChI=1S/C19H21ClN2O3/c1-13-11-17(8-9-18(13)20)25-10-4-7-19(24)22-16-6-3-5-15(12-16)21-14(2)23/h3,5-6,8-9,11-12H,4,7,10H2,1-2H3,(H,21,23)(H,22,24). The first-order valence-corrected chi connectivity index (χ1v) is 8.38. The molecule has 6 heteroatoms. The number of aryl methyl sites for hydroxylation is 1. The minimum Gasteiger partial charge on any atom is -0.494 e. The zero-order chi connectivity index (χ0) is 18.2. The van der Waals surface area contributed by atoms with Crippen molar-refractivity contribution >= 4 is 34.8 Å². The lowest BCUT2D eigenvalue weighted by atomic mass is 10.2. The summed E-state index contributed by atoms with van der Waals surface area (Å²) >= 11 is 5.97. The van der Waals surface area contributed by atoms with Crippen LogP contribution in [0, 0.1) is 6.92 Å². The van der Waals surface area contributed by atoms with Gasteiger partial charge in [0.2, 0.25) is 11.8 Å². The molecule has 0 unspecified atom stereocenters. The number of hydrogen-bond donors (Lipinski definition) is 2. The van der Waals surface area contributed by atoms with E-state index in [0.29, 0.717) is 35.8 Å². The van der Waals surface area contributed by atoms with Gasteiger partial charge < -0.3 is 15.4 Å². The van der Waals surface area contributed by atoms with Gasteiger partial charge in [-0.15, -0.1) is 0 Å². The Morgan fingerprint density at radius 2 is 1.80 bits per heavy atom. The predicted molar refractivity (Wildman–Crippen MR) is 100 cm³/mol. The van der Waals surface area contributed by atoms with Gasteiger partial charge in [0.25, 0.3) is 0 Å². The first kappa shape index (κ1) is 18.8. The van der Waals surface area contributed by atoms with E-state index in [-0.39, 0.29) is 11.8 Å². The molecular formula is C19H21ClN2O3. The highest BCUT2D eigenvalue weighted by Crippen LogP contribution is 2.21. The zero-order valence-electron chi connectivity index (χ0n) is 14.3. The molecular weight excluding hydrogens is 340 g/mol. The van der Waals surface area contributed by atoms with Crippen LogP contribution < -0.4 is 15.4 Å². The molecule has 2 rings (SSSR count). The van der Waals surface area contributed by atoms with Crippen LogP contribution in [0.4, 0.5) is 11.4 Å². The molecule has 0 atom stereocenters. The van der Waals surface area contributed by atoms with Crippen molar-refractivity contribution < 1.29 is 14.3 Å². The fraction of sp³-hybridized carbons (Fsp3) is 0.263. The molecule has 2 N–H and O–H groups in total. The Balaban J connectivity index is 1.75. The van der Waals surface area contributed by atoms with Crippen LogP contribution in [0.1, 0.15) is 25.3 Å². The van der Waals surface area contributed by atoms with Crippen LogP contribution >= 0.6 is 11.6 Å². The summed E-state index contributed by atoms with van der Waals surface area (Å²) in [7, 11) is 0. The van der Waals surface area contributed by atoms with Crippen molar-refractivity contribution in [1.82, 2.24) is 0 Å². The summed E-state index contributed by atoms with van der Waals surface area (Å²) < 4.78 is 5.62. The normalized spacial score (nSPS) is 10.2. The van der Waals surface area contributed by atoms with Crippen LogP contribution in [0.25, 0.3) is 0 Å². The monoisotopic (exact) mass is 360 g/mol. The van der Waals surface area contributed by atoms with Crippen LogP contribution in [0.3, 0.4) is 0 Å². The zero-order valence-corrected chi connectivity index (χ0v) is 15.0. The highest BCUT2D eigenvalue weighted by Gasteiger charge is 2.05. The molecule has 2 amide bonds. The summed E-state index contributed by atoms with van der Waals surface area (Å²) in [5, 5.41) is 6.19. The fourth-order valence-corrected chi connectivity index (χ4v) is 2.35. The molecule has 2 aromatic carbocycles. The number of carbonyl (C=O) groups is 2. The molecule has 0 heterocycles. The third kappa shape index (κ3) is 6.47. The Kier molecular flexibility index (Phi) is 6.83. The Labute approximate surface area is 152 Å². The van der Waals surface area contributed by atoms with Gasteiger partial charge in [0.1, 0.15) is 5.75 Å². The number of hydrogen-bond acceptors (Lipinski definition) is 3. The van der Waals surface area contributed by atoms with Crippen molar-refractivity contribution in [2.24, 2.45) is 0 Å². The molecule has 0 saturated carbocycles. The maximum Gasteiger partial charge on any atom is 0.224 e. The van der Waals surface area contributed by atoms with Gasteiger partial charge in [-0.1, -0.05) is 17.7 Å². The molecule has 0 fully saturated rings. The number of amides is 2. The Morgan fingerprint density at radius 3 is 2.48 bits per heavy atom. The quantitative estimate of drug-likeness (QED) is 0.719. The van der Waals surface area contributed by atoms with E-state index in [2.05, 4.69) is 10.6 Å². The van der Waals surface area contributed by atoms with Gasteiger partial charge in [0.15, 0.2) is 0 Å². The average Bonchev–Trinajstić information content (AvgIpc) is 2.54. The molecule has 0 aromatic heterocycles. The topological polar surface area (TPSA) is 67.4 Å². The summed E-state index contributed by atoms with van der Waals surface area (Å²) in [6.45, 7) is 3.80. The summed E-state index contributed by atoms with van der Waals surface area (Å²) in [4.78, 5) is 23.0. The van der Waals surface area contributed by atoms with E-state index in [1.807, 2.05) is 19.1 Å². The Morgan fingerprint density at radius 1 is 1.08 bits per heavy atom. The Hall–Kier alpha value is -2.53. The molecule has 0 bridgehead atoms. The molecule has 0 spiro atoms. The largest absolute Gasteiger partial charge is 0.494 e. The number of rotatable bonds is 7. The van der Waals surface area contributed by atoms with E-state index in [4.69, 9.17) is 16.3 Å². The molecule has 2 aromatic rings. The first-order chi connectivity index (χ1) is 11.9. The van der Waals surface area contributed by atoms with E-state index in [9.17, 15) is 9.59 Å². The predicted octanol–water partition coefficient (Wildman–Crippen LogP) is 4.40. The lowest BCUT2D eigenvalue weighted by Gasteiger charge is -2.09. The van der Waals surface area contributed by atoms with Crippen LogP contribution in [0.5, 0.6) is 5.75 Å². The number of ether oxygens (including phenoxy) is 1. The molecule has 0 aliphatic heterocycles.